The highest BCUT2D eigenvalue weighted by Gasteiger charge is 2.15. The highest BCUT2D eigenvalue weighted by Crippen LogP contribution is 2.16. The van der Waals surface area contributed by atoms with Gasteiger partial charge in [0, 0.05) is 12.6 Å². The number of ether oxygens (including phenoxy) is 1. The van der Waals surface area contributed by atoms with Gasteiger partial charge in [0.05, 0.1) is 4.90 Å². The fourth-order valence-electron chi connectivity index (χ4n) is 1.79. The number of carbonyl (C=O) groups is 1. The number of carbonyl (C=O) groups excluding carboxylic acids is 1. The van der Waals surface area contributed by atoms with Crippen LogP contribution >= 0.6 is 0 Å². The van der Waals surface area contributed by atoms with E-state index in [9.17, 15) is 13.2 Å². The van der Waals surface area contributed by atoms with E-state index in [0.29, 0.717) is 18.2 Å². The van der Waals surface area contributed by atoms with E-state index < -0.39 is 10.0 Å². The molecule has 0 unspecified atom stereocenters. The first-order valence-corrected chi connectivity index (χ1v) is 9.21. The van der Waals surface area contributed by atoms with Crippen molar-refractivity contribution in [3.05, 3.63) is 24.3 Å². The summed E-state index contributed by atoms with van der Waals surface area (Å²) < 4.78 is 31.8. The molecule has 0 aromatic heterocycles. The van der Waals surface area contributed by atoms with Crippen LogP contribution in [0.2, 0.25) is 0 Å². The third kappa shape index (κ3) is 7.47. The topological polar surface area (TPSA) is 84.5 Å². The molecule has 2 N–H and O–H groups in total. The second-order valence-corrected chi connectivity index (χ2v) is 7.78. The van der Waals surface area contributed by atoms with E-state index in [2.05, 4.69) is 23.9 Å². The molecule has 0 spiro atoms. The summed E-state index contributed by atoms with van der Waals surface area (Å²) in [4.78, 5) is 11.8. The van der Waals surface area contributed by atoms with Crippen molar-refractivity contribution in [3.8, 4) is 5.75 Å². The second kappa shape index (κ2) is 8.88. The molecule has 0 aliphatic heterocycles. The molecule has 1 aromatic rings. The molecule has 0 fully saturated rings. The molecule has 0 bridgehead atoms. The summed E-state index contributed by atoms with van der Waals surface area (Å²) in [5, 5.41) is 2.77. The van der Waals surface area contributed by atoms with Crippen molar-refractivity contribution >= 4 is 15.9 Å². The Labute approximate surface area is 138 Å². The number of hydrogen-bond donors (Lipinski definition) is 2. The lowest BCUT2D eigenvalue weighted by Gasteiger charge is -2.11. The van der Waals surface area contributed by atoms with Gasteiger partial charge in [-0.15, -0.1) is 0 Å². The van der Waals surface area contributed by atoms with Gasteiger partial charge in [-0.3, -0.25) is 4.79 Å². The number of benzene rings is 1. The van der Waals surface area contributed by atoms with Crippen molar-refractivity contribution in [1.82, 2.24) is 10.0 Å². The maximum Gasteiger partial charge on any atom is 0.257 e. The predicted octanol–water partition coefficient (Wildman–Crippen LogP) is 1.91. The third-order valence-corrected chi connectivity index (χ3v) is 4.61. The highest BCUT2D eigenvalue weighted by atomic mass is 32.2. The highest BCUT2D eigenvalue weighted by molar-refractivity contribution is 7.89. The molecule has 0 heterocycles. The van der Waals surface area contributed by atoms with Gasteiger partial charge in [-0.25, -0.2) is 13.1 Å². The first-order valence-electron chi connectivity index (χ1n) is 7.72. The van der Waals surface area contributed by atoms with E-state index >= 15 is 0 Å². The van der Waals surface area contributed by atoms with Crippen LogP contribution in [0.25, 0.3) is 0 Å². The fourth-order valence-corrected chi connectivity index (χ4v) is 3.04. The summed E-state index contributed by atoms with van der Waals surface area (Å²) in [5.41, 5.74) is 0. The van der Waals surface area contributed by atoms with E-state index in [0.717, 1.165) is 6.42 Å². The summed E-state index contributed by atoms with van der Waals surface area (Å²) in [6.07, 6.45) is 0.918. The Bertz CT molecular complexity index is 595. The standard InChI is InChI=1S/C16H26N2O4S/c1-12(2)9-10-17-16(19)11-22-14-5-7-15(8-6-14)23(20,21)18-13(3)4/h5-8,12-13,18H,9-11H2,1-4H3,(H,17,19). The number of nitrogens with one attached hydrogen (secondary N) is 2. The molecule has 0 saturated heterocycles. The van der Waals surface area contributed by atoms with E-state index in [1.54, 1.807) is 13.8 Å². The molecule has 6 nitrogen and oxygen atoms in total. The molecule has 1 aromatic carbocycles. The van der Waals surface area contributed by atoms with Gasteiger partial charge in [0.1, 0.15) is 5.75 Å². The van der Waals surface area contributed by atoms with E-state index in [1.807, 2.05) is 0 Å². The largest absolute Gasteiger partial charge is 0.484 e. The Morgan fingerprint density at radius 1 is 1.13 bits per heavy atom. The fraction of sp³-hybridized carbons (Fsp3) is 0.562. The predicted molar refractivity (Wildman–Crippen MR) is 89.9 cm³/mol. The van der Waals surface area contributed by atoms with Gasteiger partial charge in [-0.05, 0) is 50.5 Å². The second-order valence-electron chi connectivity index (χ2n) is 6.07. The van der Waals surface area contributed by atoms with Gasteiger partial charge in [0.15, 0.2) is 6.61 Å². The molecule has 130 valence electrons. The van der Waals surface area contributed by atoms with Crippen LogP contribution in [0.1, 0.15) is 34.1 Å². The van der Waals surface area contributed by atoms with Gasteiger partial charge in [-0.1, -0.05) is 13.8 Å². The average Bonchev–Trinajstić information content (AvgIpc) is 2.44. The monoisotopic (exact) mass is 342 g/mol. The normalized spacial score (nSPS) is 11.7. The maximum atomic E-state index is 12.0. The minimum Gasteiger partial charge on any atom is -0.484 e. The van der Waals surface area contributed by atoms with Gasteiger partial charge < -0.3 is 10.1 Å². The van der Waals surface area contributed by atoms with Crippen LogP contribution in [0.15, 0.2) is 29.2 Å². The van der Waals surface area contributed by atoms with Crippen LogP contribution in [0.3, 0.4) is 0 Å². The minimum atomic E-state index is -3.51. The Morgan fingerprint density at radius 3 is 2.26 bits per heavy atom. The zero-order valence-corrected chi connectivity index (χ0v) is 14.9. The Kier molecular flexibility index (Phi) is 7.51. The van der Waals surface area contributed by atoms with E-state index in [1.165, 1.54) is 24.3 Å². The molecule has 0 atom stereocenters. The van der Waals surface area contributed by atoms with Crippen LogP contribution in [-0.4, -0.2) is 33.5 Å². The molecular formula is C16H26N2O4S. The Hall–Kier alpha value is -1.60. The molecule has 0 aliphatic carbocycles. The summed E-state index contributed by atoms with van der Waals surface area (Å²) >= 11 is 0. The van der Waals surface area contributed by atoms with Crippen LogP contribution < -0.4 is 14.8 Å². The maximum absolute atomic E-state index is 12.0. The first-order chi connectivity index (χ1) is 10.7. The van der Waals surface area contributed by atoms with Crippen LogP contribution in [0, 0.1) is 5.92 Å². The van der Waals surface area contributed by atoms with Gasteiger partial charge in [0.25, 0.3) is 5.91 Å². The Morgan fingerprint density at radius 2 is 1.74 bits per heavy atom. The number of amides is 1. The van der Waals surface area contributed by atoms with Crippen LogP contribution in [-0.2, 0) is 14.8 Å². The molecule has 0 saturated carbocycles. The smallest absolute Gasteiger partial charge is 0.257 e. The van der Waals surface area contributed by atoms with Gasteiger partial charge in [-0.2, -0.15) is 0 Å². The lowest BCUT2D eigenvalue weighted by molar-refractivity contribution is -0.123. The molecule has 0 radical (unpaired) electrons. The summed E-state index contributed by atoms with van der Waals surface area (Å²) in [6, 6.07) is 5.81. The number of rotatable bonds is 9. The van der Waals surface area contributed by atoms with Gasteiger partial charge in [0.2, 0.25) is 10.0 Å². The lowest BCUT2D eigenvalue weighted by atomic mass is 10.1. The average molecular weight is 342 g/mol. The summed E-state index contributed by atoms with van der Waals surface area (Å²) in [7, 11) is -3.51. The van der Waals surface area contributed by atoms with Crippen LogP contribution in [0.5, 0.6) is 5.75 Å². The van der Waals surface area contributed by atoms with Crippen molar-refractivity contribution in [3.63, 3.8) is 0 Å². The number of hydrogen-bond acceptors (Lipinski definition) is 4. The zero-order valence-electron chi connectivity index (χ0n) is 14.1. The molecular weight excluding hydrogens is 316 g/mol. The van der Waals surface area contributed by atoms with Crippen molar-refractivity contribution in [1.29, 1.82) is 0 Å². The number of sulfonamides is 1. The SMILES string of the molecule is CC(C)CCNC(=O)COc1ccc(S(=O)(=O)NC(C)C)cc1. The lowest BCUT2D eigenvalue weighted by Crippen LogP contribution is -2.30. The zero-order chi connectivity index (χ0) is 17.5. The van der Waals surface area contributed by atoms with Crippen molar-refractivity contribution in [2.75, 3.05) is 13.2 Å². The third-order valence-electron chi connectivity index (χ3n) is 2.94. The van der Waals surface area contributed by atoms with Crippen LogP contribution in [0.4, 0.5) is 0 Å². The van der Waals surface area contributed by atoms with Crippen molar-refractivity contribution in [2.24, 2.45) is 5.92 Å². The first kappa shape index (κ1) is 19.4. The molecule has 0 aliphatic rings. The van der Waals surface area contributed by atoms with Crippen molar-refractivity contribution < 1.29 is 17.9 Å². The van der Waals surface area contributed by atoms with Gasteiger partial charge >= 0.3 is 0 Å². The molecule has 7 heteroatoms. The molecule has 1 amide bonds. The Balaban J connectivity index is 2.50. The molecule has 23 heavy (non-hydrogen) atoms. The molecule has 1 rings (SSSR count). The summed E-state index contributed by atoms with van der Waals surface area (Å²) in [6.45, 7) is 8.23. The quantitative estimate of drug-likeness (QED) is 0.718. The minimum absolute atomic E-state index is 0.0889. The van der Waals surface area contributed by atoms with E-state index in [4.69, 9.17) is 4.74 Å². The van der Waals surface area contributed by atoms with E-state index in [-0.39, 0.29) is 23.5 Å². The summed E-state index contributed by atoms with van der Waals surface area (Å²) in [5.74, 6) is 0.793. The van der Waals surface area contributed by atoms with Crippen molar-refractivity contribution in [2.45, 2.75) is 45.1 Å².